The molecular weight excluding hydrogens is 523 g/mol. The zero-order valence-corrected chi connectivity index (χ0v) is 23.5. The molecular formula is C28H33N2O8P. The van der Waals surface area contributed by atoms with Gasteiger partial charge in [0.2, 0.25) is 0 Å². The molecule has 0 aliphatic carbocycles. The maximum atomic E-state index is 14.2. The van der Waals surface area contributed by atoms with E-state index in [0.29, 0.717) is 17.0 Å². The predicted octanol–water partition coefficient (Wildman–Crippen LogP) is 5.98. The highest BCUT2D eigenvalue weighted by Gasteiger charge is 2.48. The number of hydrogen-bond acceptors (Lipinski definition) is 9. The summed E-state index contributed by atoms with van der Waals surface area (Å²) in [5, 5.41) is 15.0. The number of carbonyl (C=O) groups excluding carboxylic acids is 1. The van der Waals surface area contributed by atoms with Gasteiger partial charge in [-0.3, -0.25) is 14.7 Å². The van der Waals surface area contributed by atoms with E-state index in [1.54, 1.807) is 19.9 Å². The molecule has 0 radical (unpaired) electrons. The SMILES string of the molecule is CO[C@H](COC(=O)C1=C(C)NC(C)=C(P2(=O)OCC(C)(C)CO2)[C@H]1c1cccc([N+](=O)[O-])c1)c1ccccc1. The van der Waals surface area contributed by atoms with E-state index in [0.717, 1.165) is 5.56 Å². The van der Waals surface area contributed by atoms with Crippen LogP contribution >= 0.6 is 7.60 Å². The van der Waals surface area contributed by atoms with Gasteiger partial charge in [0.05, 0.1) is 34.9 Å². The summed E-state index contributed by atoms with van der Waals surface area (Å²) in [7, 11) is -2.37. The van der Waals surface area contributed by atoms with Gasteiger partial charge in [-0.2, -0.15) is 0 Å². The summed E-state index contributed by atoms with van der Waals surface area (Å²) in [6.07, 6.45) is -0.508. The Bertz CT molecular complexity index is 1350. The number of esters is 1. The van der Waals surface area contributed by atoms with Crippen LogP contribution in [0.4, 0.5) is 5.69 Å². The van der Waals surface area contributed by atoms with E-state index in [1.807, 2.05) is 44.2 Å². The van der Waals surface area contributed by atoms with Crippen LogP contribution in [0.25, 0.3) is 0 Å². The Kier molecular flexibility index (Phi) is 8.42. The Morgan fingerprint density at radius 2 is 1.79 bits per heavy atom. The number of benzene rings is 2. The van der Waals surface area contributed by atoms with E-state index < -0.39 is 30.5 Å². The Morgan fingerprint density at radius 3 is 2.41 bits per heavy atom. The molecule has 0 bridgehead atoms. The van der Waals surface area contributed by atoms with Crippen LogP contribution in [0.3, 0.4) is 0 Å². The molecule has 208 valence electrons. The summed E-state index contributed by atoms with van der Waals surface area (Å²) >= 11 is 0. The van der Waals surface area contributed by atoms with Crippen LogP contribution in [-0.2, 0) is 27.9 Å². The minimum atomic E-state index is -3.90. The Hall–Kier alpha value is -3.30. The average Bonchev–Trinajstić information content (AvgIpc) is 2.91. The topological polar surface area (TPSA) is 126 Å². The van der Waals surface area contributed by atoms with Crippen molar-refractivity contribution in [2.75, 3.05) is 26.9 Å². The maximum Gasteiger partial charge on any atom is 0.360 e. The molecule has 0 aromatic heterocycles. The van der Waals surface area contributed by atoms with E-state index in [9.17, 15) is 19.5 Å². The van der Waals surface area contributed by atoms with Gasteiger partial charge in [-0.15, -0.1) is 0 Å². The monoisotopic (exact) mass is 556 g/mol. The number of nitrogens with one attached hydrogen (secondary N) is 1. The van der Waals surface area contributed by atoms with E-state index in [4.69, 9.17) is 18.5 Å². The number of non-ortho nitro benzene ring substituents is 1. The van der Waals surface area contributed by atoms with Crippen LogP contribution in [0.15, 0.2) is 76.9 Å². The highest BCUT2D eigenvalue weighted by atomic mass is 31.2. The first kappa shape index (κ1) is 28.7. The third-order valence-corrected chi connectivity index (χ3v) is 8.85. The van der Waals surface area contributed by atoms with Crippen LogP contribution in [0.2, 0.25) is 0 Å². The zero-order chi connectivity index (χ0) is 28.4. The molecule has 2 aromatic rings. The molecule has 0 amide bonds. The first-order chi connectivity index (χ1) is 18.5. The summed E-state index contributed by atoms with van der Waals surface area (Å²) in [6.45, 7) is 7.56. The minimum Gasteiger partial charge on any atom is -0.459 e. The Balaban J connectivity index is 1.75. The molecule has 11 heteroatoms. The van der Waals surface area contributed by atoms with Crippen molar-refractivity contribution in [1.29, 1.82) is 0 Å². The van der Waals surface area contributed by atoms with Crippen molar-refractivity contribution in [3.8, 4) is 0 Å². The molecule has 2 aromatic carbocycles. The molecule has 2 aliphatic heterocycles. The van der Waals surface area contributed by atoms with E-state index >= 15 is 0 Å². The van der Waals surface area contributed by atoms with Crippen LogP contribution in [-0.4, -0.2) is 37.8 Å². The molecule has 4 rings (SSSR count). The van der Waals surface area contributed by atoms with Crippen molar-refractivity contribution in [2.45, 2.75) is 39.7 Å². The number of rotatable bonds is 8. The minimum absolute atomic E-state index is 0.0747. The molecule has 0 spiro atoms. The Morgan fingerprint density at radius 1 is 1.13 bits per heavy atom. The number of methoxy groups -OCH3 is 1. The van der Waals surface area contributed by atoms with E-state index in [2.05, 4.69) is 5.32 Å². The molecule has 0 unspecified atom stereocenters. The first-order valence-corrected chi connectivity index (χ1v) is 14.1. The fraction of sp³-hybridized carbons (Fsp3) is 0.393. The fourth-order valence-electron chi connectivity index (χ4n) is 4.69. The second kappa shape index (κ2) is 11.4. The lowest BCUT2D eigenvalue weighted by Gasteiger charge is -2.39. The number of hydrogen-bond donors (Lipinski definition) is 1. The van der Waals surface area contributed by atoms with Crippen molar-refractivity contribution in [3.63, 3.8) is 0 Å². The van der Waals surface area contributed by atoms with Crippen LogP contribution < -0.4 is 5.32 Å². The quantitative estimate of drug-likeness (QED) is 0.181. The number of allylic oxidation sites excluding steroid dienone is 3. The Labute approximate surface area is 227 Å². The van der Waals surface area contributed by atoms with Gasteiger partial charge in [0.15, 0.2) is 0 Å². The van der Waals surface area contributed by atoms with Gasteiger partial charge in [-0.05, 0) is 25.0 Å². The molecule has 10 nitrogen and oxygen atoms in total. The number of dihydropyridines is 1. The average molecular weight is 557 g/mol. The maximum absolute atomic E-state index is 14.2. The third-order valence-electron chi connectivity index (χ3n) is 6.73. The molecule has 0 saturated carbocycles. The molecule has 2 atom stereocenters. The highest BCUT2D eigenvalue weighted by molar-refractivity contribution is 7.58. The first-order valence-electron chi connectivity index (χ1n) is 12.5. The third kappa shape index (κ3) is 6.15. The lowest BCUT2D eigenvalue weighted by Crippen LogP contribution is -2.34. The number of carbonyl (C=O) groups is 1. The number of nitro benzene ring substituents is 1. The van der Waals surface area contributed by atoms with Gasteiger partial charge in [0, 0.05) is 36.1 Å². The van der Waals surface area contributed by atoms with Crippen molar-refractivity contribution >= 4 is 19.3 Å². The summed E-state index contributed by atoms with van der Waals surface area (Å²) in [6, 6.07) is 15.2. The van der Waals surface area contributed by atoms with Crippen LogP contribution in [0.1, 0.15) is 50.8 Å². The molecule has 2 aliphatic rings. The normalized spacial score (nSPS) is 21.2. The van der Waals surface area contributed by atoms with Crippen LogP contribution in [0, 0.1) is 15.5 Å². The molecule has 1 saturated heterocycles. The largest absolute Gasteiger partial charge is 0.459 e. The second-order valence-corrected chi connectivity index (χ2v) is 12.4. The highest BCUT2D eigenvalue weighted by Crippen LogP contribution is 2.66. The number of nitro groups is 1. The zero-order valence-electron chi connectivity index (χ0n) is 22.6. The molecule has 2 heterocycles. The second-order valence-electron chi connectivity index (χ2n) is 10.4. The standard InChI is InChI=1S/C28H33N2O8P/c1-18-24(27(31)36-15-23(35-5)20-10-7-6-8-11-20)25(21-12-9-13-22(14-21)30(32)33)26(19(2)29-18)39(34)37-16-28(3,4)17-38-39/h6-14,23,25,29H,15-17H2,1-5H3/t23-,25+/m1/s1. The van der Waals surface area contributed by atoms with E-state index in [1.165, 1.54) is 25.3 Å². The summed E-state index contributed by atoms with van der Waals surface area (Å²) < 4.78 is 37.2. The van der Waals surface area contributed by atoms with Gasteiger partial charge < -0.3 is 23.8 Å². The number of ether oxygens (including phenoxy) is 2. The van der Waals surface area contributed by atoms with Crippen molar-refractivity contribution in [3.05, 3.63) is 98.1 Å². The fourth-order valence-corrected chi connectivity index (χ4v) is 7.15. The number of nitrogens with zero attached hydrogens (tertiary/aromatic N) is 1. The summed E-state index contributed by atoms with van der Waals surface area (Å²) in [5.74, 6) is -1.65. The summed E-state index contributed by atoms with van der Waals surface area (Å²) in [4.78, 5) is 24.8. The smallest absolute Gasteiger partial charge is 0.360 e. The van der Waals surface area contributed by atoms with Crippen molar-refractivity contribution in [1.82, 2.24) is 5.32 Å². The van der Waals surface area contributed by atoms with Gasteiger partial charge in [-0.1, -0.05) is 56.3 Å². The molecule has 1 N–H and O–H groups in total. The lowest BCUT2D eigenvalue weighted by atomic mass is 9.86. The van der Waals surface area contributed by atoms with Gasteiger partial charge in [0.1, 0.15) is 12.7 Å². The van der Waals surface area contributed by atoms with Crippen molar-refractivity contribution in [2.24, 2.45) is 5.41 Å². The molecule has 1 fully saturated rings. The lowest BCUT2D eigenvalue weighted by molar-refractivity contribution is -0.384. The van der Waals surface area contributed by atoms with Gasteiger partial charge in [-0.25, -0.2) is 4.79 Å². The van der Waals surface area contributed by atoms with Gasteiger partial charge in [0.25, 0.3) is 5.69 Å². The van der Waals surface area contributed by atoms with Gasteiger partial charge >= 0.3 is 13.6 Å². The molecule has 39 heavy (non-hydrogen) atoms. The van der Waals surface area contributed by atoms with Crippen molar-refractivity contribution < 1.29 is 32.8 Å². The summed E-state index contributed by atoms with van der Waals surface area (Å²) in [5.41, 5.74) is 1.82. The van der Waals surface area contributed by atoms with Crippen LogP contribution in [0.5, 0.6) is 0 Å². The van der Waals surface area contributed by atoms with E-state index in [-0.39, 0.29) is 41.8 Å². The predicted molar refractivity (Wildman–Crippen MR) is 145 cm³/mol.